The molecule has 2 aromatic heterocycles. The monoisotopic (exact) mass is 422 g/mol. The molecule has 4 rings (SSSR count). The number of pyridine rings is 2. The van der Waals surface area contributed by atoms with E-state index in [0.717, 1.165) is 11.1 Å². The smallest absolute Gasteiger partial charge is 0.251 e. The summed E-state index contributed by atoms with van der Waals surface area (Å²) < 4.78 is 0. The summed E-state index contributed by atoms with van der Waals surface area (Å²) in [5, 5.41) is 5.81. The fraction of sp³-hybridized carbons (Fsp3) is 0.0769. The first-order valence-electron chi connectivity index (χ1n) is 10.3. The summed E-state index contributed by atoms with van der Waals surface area (Å²) in [5.74, 6) is -0.400. The number of benzene rings is 2. The highest BCUT2D eigenvalue weighted by atomic mass is 16.2. The molecule has 0 unspecified atom stereocenters. The van der Waals surface area contributed by atoms with Gasteiger partial charge in [-0.1, -0.05) is 60.7 Å². The number of carbonyl (C=O) groups is 2. The minimum Gasteiger partial charge on any atom is -0.348 e. The Bertz CT molecular complexity index is 1110. The molecule has 32 heavy (non-hydrogen) atoms. The summed E-state index contributed by atoms with van der Waals surface area (Å²) in [4.78, 5) is 33.8. The molecule has 4 aromatic rings. The van der Waals surface area contributed by atoms with E-state index in [1.54, 1.807) is 36.7 Å². The van der Waals surface area contributed by atoms with Crippen molar-refractivity contribution in [3.8, 4) is 11.4 Å². The minimum atomic E-state index is -0.200. The minimum absolute atomic E-state index is 0.200. The topological polar surface area (TPSA) is 84.0 Å². The lowest BCUT2D eigenvalue weighted by Gasteiger charge is -2.08. The molecular formula is C26H22N4O2. The molecular weight excluding hydrogens is 400 g/mol. The normalized spacial score (nSPS) is 10.4. The number of nitrogens with zero attached hydrogens (tertiary/aromatic N) is 2. The lowest BCUT2D eigenvalue weighted by Crippen LogP contribution is -2.23. The SMILES string of the molecule is O=C(NCc1ccccc1)c1ccnc(-c2cc(C(=O)NCc3ccccc3)ccn2)c1. The van der Waals surface area contributed by atoms with Gasteiger partial charge in [-0.05, 0) is 35.4 Å². The highest BCUT2D eigenvalue weighted by molar-refractivity contribution is 5.96. The van der Waals surface area contributed by atoms with E-state index in [0.29, 0.717) is 35.6 Å². The summed E-state index contributed by atoms with van der Waals surface area (Å²) >= 11 is 0. The van der Waals surface area contributed by atoms with Crippen LogP contribution in [-0.4, -0.2) is 21.8 Å². The molecule has 0 aliphatic rings. The molecule has 0 aliphatic carbocycles. The van der Waals surface area contributed by atoms with Crippen molar-refractivity contribution in [1.82, 2.24) is 20.6 Å². The summed E-state index contributed by atoms with van der Waals surface area (Å²) in [5.41, 5.74) is 4.04. The molecule has 2 amide bonds. The number of aromatic nitrogens is 2. The molecule has 0 fully saturated rings. The second kappa shape index (κ2) is 10.1. The van der Waals surface area contributed by atoms with Crippen molar-refractivity contribution in [2.45, 2.75) is 13.1 Å². The van der Waals surface area contributed by atoms with Gasteiger partial charge in [-0.2, -0.15) is 0 Å². The van der Waals surface area contributed by atoms with Crippen molar-refractivity contribution in [3.05, 3.63) is 120 Å². The van der Waals surface area contributed by atoms with Gasteiger partial charge in [0.25, 0.3) is 11.8 Å². The van der Waals surface area contributed by atoms with Crippen molar-refractivity contribution in [2.75, 3.05) is 0 Å². The third-order valence-corrected chi connectivity index (χ3v) is 4.90. The first kappa shape index (κ1) is 20.9. The van der Waals surface area contributed by atoms with Crippen LogP contribution < -0.4 is 10.6 Å². The van der Waals surface area contributed by atoms with Crippen LogP contribution >= 0.6 is 0 Å². The van der Waals surface area contributed by atoms with Crippen LogP contribution in [0, 0.1) is 0 Å². The Hall–Kier alpha value is -4.32. The van der Waals surface area contributed by atoms with Crippen LogP contribution in [0.25, 0.3) is 11.4 Å². The number of nitrogens with one attached hydrogen (secondary N) is 2. The number of hydrogen-bond acceptors (Lipinski definition) is 4. The van der Waals surface area contributed by atoms with Crippen molar-refractivity contribution in [1.29, 1.82) is 0 Å². The largest absolute Gasteiger partial charge is 0.348 e. The van der Waals surface area contributed by atoms with Gasteiger partial charge in [-0.25, -0.2) is 0 Å². The molecule has 2 heterocycles. The lowest BCUT2D eigenvalue weighted by molar-refractivity contribution is 0.0942. The van der Waals surface area contributed by atoms with Crippen molar-refractivity contribution < 1.29 is 9.59 Å². The number of carbonyl (C=O) groups excluding carboxylic acids is 2. The van der Waals surface area contributed by atoms with E-state index in [4.69, 9.17) is 0 Å². The summed E-state index contributed by atoms with van der Waals surface area (Å²) in [6.45, 7) is 0.874. The van der Waals surface area contributed by atoms with E-state index < -0.39 is 0 Å². The lowest BCUT2D eigenvalue weighted by atomic mass is 10.1. The van der Waals surface area contributed by atoms with Crippen LogP contribution in [0.4, 0.5) is 0 Å². The Kier molecular flexibility index (Phi) is 6.63. The zero-order valence-corrected chi connectivity index (χ0v) is 17.4. The zero-order chi connectivity index (χ0) is 22.2. The summed E-state index contributed by atoms with van der Waals surface area (Å²) in [6.07, 6.45) is 3.13. The van der Waals surface area contributed by atoms with Crippen LogP contribution in [0.15, 0.2) is 97.3 Å². The van der Waals surface area contributed by atoms with Gasteiger partial charge < -0.3 is 10.6 Å². The van der Waals surface area contributed by atoms with Gasteiger partial charge in [0.05, 0.1) is 11.4 Å². The molecule has 2 aromatic carbocycles. The molecule has 158 valence electrons. The molecule has 0 atom stereocenters. The Morgan fingerprint density at radius 1 is 0.594 bits per heavy atom. The van der Waals surface area contributed by atoms with E-state index in [1.165, 1.54) is 0 Å². The second-order valence-electron chi connectivity index (χ2n) is 7.20. The predicted octanol–water partition coefficient (Wildman–Crippen LogP) is 4.00. The maximum absolute atomic E-state index is 12.6. The standard InChI is InChI=1S/C26H22N4O2/c31-25(29-17-19-7-3-1-4-8-19)21-11-13-27-23(15-21)24-16-22(12-14-28-24)26(32)30-18-20-9-5-2-6-10-20/h1-16H,17-18H2,(H,29,31)(H,30,32). The number of hydrogen-bond donors (Lipinski definition) is 2. The molecule has 0 aliphatic heterocycles. The quantitative estimate of drug-likeness (QED) is 0.471. The maximum Gasteiger partial charge on any atom is 0.251 e. The molecule has 6 heteroatoms. The van der Waals surface area contributed by atoms with Crippen molar-refractivity contribution in [3.63, 3.8) is 0 Å². The van der Waals surface area contributed by atoms with E-state index >= 15 is 0 Å². The van der Waals surface area contributed by atoms with Gasteiger partial charge in [0.1, 0.15) is 0 Å². The summed E-state index contributed by atoms with van der Waals surface area (Å²) in [6, 6.07) is 26.1. The van der Waals surface area contributed by atoms with Gasteiger partial charge >= 0.3 is 0 Å². The molecule has 0 bridgehead atoms. The Balaban J connectivity index is 1.44. The van der Waals surface area contributed by atoms with Crippen LogP contribution in [-0.2, 0) is 13.1 Å². The Labute approximate surface area is 186 Å². The fourth-order valence-electron chi connectivity index (χ4n) is 3.18. The van der Waals surface area contributed by atoms with Crippen molar-refractivity contribution >= 4 is 11.8 Å². The summed E-state index contributed by atoms with van der Waals surface area (Å²) in [7, 11) is 0. The van der Waals surface area contributed by atoms with Gasteiger partial charge in [-0.3, -0.25) is 19.6 Å². The highest BCUT2D eigenvalue weighted by Crippen LogP contribution is 2.17. The second-order valence-corrected chi connectivity index (χ2v) is 7.20. The predicted molar refractivity (Wildman–Crippen MR) is 123 cm³/mol. The van der Waals surface area contributed by atoms with Crippen LogP contribution in [0.5, 0.6) is 0 Å². The Morgan fingerprint density at radius 2 is 1.00 bits per heavy atom. The molecule has 0 radical (unpaired) electrons. The van der Waals surface area contributed by atoms with Crippen LogP contribution in [0.3, 0.4) is 0 Å². The third kappa shape index (κ3) is 5.43. The first-order valence-corrected chi connectivity index (χ1v) is 10.3. The molecule has 0 saturated carbocycles. The van der Waals surface area contributed by atoms with Gasteiger partial charge in [0.15, 0.2) is 0 Å². The van der Waals surface area contributed by atoms with Gasteiger partial charge in [-0.15, -0.1) is 0 Å². The van der Waals surface area contributed by atoms with Crippen LogP contribution in [0.1, 0.15) is 31.8 Å². The molecule has 6 nitrogen and oxygen atoms in total. The molecule has 0 saturated heterocycles. The number of rotatable bonds is 7. The zero-order valence-electron chi connectivity index (χ0n) is 17.4. The van der Waals surface area contributed by atoms with E-state index in [9.17, 15) is 9.59 Å². The average Bonchev–Trinajstić information content (AvgIpc) is 2.87. The van der Waals surface area contributed by atoms with Gasteiger partial charge in [0.2, 0.25) is 0 Å². The molecule has 2 N–H and O–H groups in total. The number of amides is 2. The first-order chi connectivity index (χ1) is 15.7. The van der Waals surface area contributed by atoms with Gasteiger partial charge in [0, 0.05) is 36.6 Å². The molecule has 0 spiro atoms. The van der Waals surface area contributed by atoms with E-state index in [1.807, 2.05) is 60.7 Å². The van der Waals surface area contributed by atoms with Crippen LogP contribution in [0.2, 0.25) is 0 Å². The third-order valence-electron chi connectivity index (χ3n) is 4.90. The highest BCUT2D eigenvalue weighted by Gasteiger charge is 2.12. The average molecular weight is 422 g/mol. The van der Waals surface area contributed by atoms with Crippen molar-refractivity contribution in [2.24, 2.45) is 0 Å². The maximum atomic E-state index is 12.6. The fourth-order valence-corrected chi connectivity index (χ4v) is 3.18. The van der Waals surface area contributed by atoms with E-state index in [2.05, 4.69) is 20.6 Å². The van der Waals surface area contributed by atoms with E-state index in [-0.39, 0.29) is 11.8 Å². The Morgan fingerprint density at radius 3 is 1.41 bits per heavy atom.